The van der Waals surface area contributed by atoms with E-state index in [0.29, 0.717) is 11.1 Å². The van der Waals surface area contributed by atoms with Gasteiger partial charge in [-0.25, -0.2) is 13.1 Å². The van der Waals surface area contributed by atoms with Crippen molar-refractivity contribution in [2.24, 2.45) is 5.73 Å². The van der Waals surface area contributed by atoms with Gasteiger partial charge in [0.2, 0.25) is 15.9 Å². The molecule has 2 aromatic rings. The lowest BCUT2D eigenvalue weighted by molar-refractivity contribution is 0.0785. The molecule has 0 aliphatic rings. The molecule has 8 heteroatoms. The topological polar surface area (TPSA) is 110 Å². The average Bonchev–Trinajstić information content (AvgIpc) is 2.61. The molecule has 26 heavy (non-hydrogen) atoms. The van der Waals surface area contributed by atoms with Crippen LogP contribution in [0.3, 0.4) is 0 Å². The molecular weight excluding hydrogens is 354 g/mol. The molecule has 0 aromatic heterocycles. The number of rotatable bonds is 7. The van der Waals surface area contributed by atoms with Gasteiger partial charge in [-0.05, 0) is 42.0 Å². The molecule has 0 unspecified atom stereocenters. The molecule has 0 fully saturated rings. The quantitative estimate of drug-likeness (QED) is 0.761. The van der Waals surface area contributed by atoms with Crippen molar-refractivity contribution in [2.45, 2.75) is 18.4 Å². The van der Waals surface area contributed by atoms with Crippen molar-refractivity contribution in [2.75, 3.05) is 13.6 Å². The van der Waals surface area contributed by atoms with Gasteiger partial charge in [-0.15, -0.1) is 0 Å². The third kappa shape index (κ3) is 4.68. The zero-order valence-corrected chi connectivity index (χ0v) is 15.4. The van der Waals surface area contributed by atoms with E-state index in [9.17, 15) is 18.0 Å². The van der Waals surface area contributed by atoms with Gasteiger partial charge in [0, 0.05) is 31.3 Å². The molecule has 0 bridgehead atoms. The predicted octanol–water partition coefficient (Wildman–Crippen LogP) is 1.36. The van der Waals surface area contributed by atoms with E-state index in [4.69, 9.17) is 5.73 Å². The van der Waals surface area contributed by atoms with Crippen LogP contribution in [0.2, 0.25) is 0 Å². The first-order valence-corrected chi connectivity index (χ1v) is 9.47. The second kappa shape index (κ2) is 8.11. The second-order valence-electron chi connectivity index (χ2n) is 5.75. The van der Waals surface area contributed by atoms with Crippen molar-refractivity contribution in [3.05, 3.63) is 65.2 Å². The van der Waals surface area contributed by atoms with Crippen molar-refractivity contribution in [3.63, 3.8) is 0 Å². The molecule has 2 amide bonds. The second-order valence-corrected chi connectivity index (χ2v) is 7.52. The number of nitrogens with zero attached hydrogens (tertiary/aromatic N) is 1. The monoisotopic (exact) mass is 375 g/mol. The lowest BCUT2D eigenvalue weighted by atomic mass is 10.1. The number of benzene rings is 2. The number of sulfonamides is 1. The summed E-state index contributed by atoms with van der Waals surface area (Å²) in [7, 11) is -1.93. The van der Waals surface area contributed by atoms with Crippen LogP contribution in [0, 0.1) is 0 Å². The fraction of sp³-hybridized carbons (Fsp3) is 0.222. The van der Waals surface area contributed by atoms with Gasteiger partial charge in [0.15, 0.2) is 0 Å². The van der Waals surface area contributed by atoms with Crippen LogP contribution in [0.15, 0.2) is 53.4 Å². The Balaban J connectivity index is 2.13. The summed E-state index contributed by atoms with van der Waals surface area (Å²) in [5, 5.41) is 0. The fourth-order valence-electron chi connectivity index (χ4n) is 2.44. The van der Waals surface area contributed by atoms with E-state index >= 15 is 0 Å². The molecule has 0 saturated carbocycles. The normalized spacial score (nSPS) is 11.2. The number of carbonyl (C=O) groups is 2. The van der Waals surface area contributed by atoms with Crippen molar-refractivity contribution in [1.29, 1.82) is 0 Å². The lowest BCUT2D eigenvalue weighted by Crippen LogP contribution is -2.27. The Hall–Kier alpha value is -2.71. The van der Waals surface area contributed by atoms with Gasteiger partial charge in [0.1, 0.15) is 0 Å². The summed E-state index contributed by atoms with van der Waals surface area (Å²) in [6.07, 6.45) is 0. The molecule has 2 rings (SSSR count). The van der Waals surface area contributed by atoms with Crippen molar-refractivity contribution >= 4 is 21.8 Å². The Kier molecular flexibility index (Phi) is 6.12. The van der Waals surface area contributed by atoms with Crippen LogP contribution in [-0.2, 0) is 16.6 Å². The summed E-state index contributed by atoms with van der Waals surface area (Å²) in [5.41, 5.74) is 6.77. The van der Waals surface area contributed by atoms with Gasteiger partial charge < -0.3 is 10.6 Å². The minimum atomic E-state index is -3.55. The molecule has 0 saturated heterocycles. The summed E-state index contributed by atoms with van der Waals surface area (Å²) in [5.74, 6) is -0.791. The van der Waals surface area contributed by atoms with Gasteiger partial charge >= 0.3 is 0 Å². The minimum absolute atomic E-state index is 0.104. The van der Waals surface area contributed by atoms with Gasteiger partial charge in [0.25, 0.3) is 5.91 Å². The molecule has 0 heterocycles. The molecule has 0 spiro atoms. The molecule has 0 radical (unpaired) electrons. The maximum absolute atomic E-state index is 12.5. The highest BCUT2D eigenvalue weighted by Gasteiger charge is 2.16. The Bertz CT molecular complexity index is 908. The molecule has 2 aromatic carbocycles. The van der Waals surface area contributed by atoms with Crippen LogP contribution in [-0.4, -0.2) is 38.7 Å². The minimum Gasteiger partial charge on any atom is -0.366 e. The summed E-state index contributed by atoms with van der Waals surface area (Å²) in [6.45, 7) is 2.27. The highest BCUT2D eigenvalue weighted by molar-refractivity contribution is 7.89. The third-order valence-electron chi connectivity index (χ3n) is 3.72. The average molecular weight is 375 g/mol. The van der Waals surface area contributed by atoms with Gasteiger partial charge in [-0.2, -0.15) is 0 Å². The molecule has 0 aliphatic heterocycles. The van der Waals surface area contributed by atoms with E-state index in [1.54, 1.807) is 38.2 Å². The Morgan fingerprint density at radius 1 is 1.08 bits per heavy atom. The molecular formula is C18H21N3O4S. The van der Waals surface area contributed by atoms with Crippen LogP contribution >= 0.6 is 0 Å². The molecule has 138 valence electrons. The van der Waals surface area contributed by atoms with Crippen molar-refractivity contribution < 1.29 is 18.0 Å². The highest BCUT2D eigenvalue weighted by atomic mass is 32.2. The lowest BCUT2D eigenvalue weighted by Gasteiger charge is -2.18. The number of amides is 2. The number of carbonyl (C=O) groups excluding carboxylic acids is 2. The van der Waals surface area contributed by atoms with E-state index in [1.165, 1.54) is 29.2 Å². The standard InChI is InChI=1S/C18H21N3O4S/c1-3-20-26(24,25)16-9-7-14(8-10-16)18(23)21(2)12-13-5-4-6-15(11-13)17(19)22/h4-11,20H,3,12H2,1-2H3,(H2,19,22). The Morgan fingerprint density at radius 2 is 1.73 bits per heavy atom. The largest absolute Gasteiger partial charge is 0.366 e. The molecule has 3 N–H and O–H groups in total. The first-order valence-electron chi connectivity index (χ1n) is 7.98. The Labute approximate surface area is 152 Å². The van der Waals surface area contributed by atoms with Crippen LogP contribution in [0.1, 0.15) is 33.2 Å². The maximum atomic E-state index is 12.5. The number of nitrogens with one attached hydrogen (secondary N) is 1. The van der Waals surface area contributed by atoms with Crippen LogP contribution < -0.4 is 10.5 Å². The van der Waals surface area contributed by atoms with E-state index in [1.807, 2.05) is 0 Å². The zero-order valence-electron chi connectivity index (χ0n) is 14.6. The molecule has 0 atom stereocenters. The first kappa shape index (κ1) is 19.6. The highest BCUT2D eigenvalue weighted by Crippen LogP contribution is 2.14. The number of nitrogens with two attached hydrogens (primary N) is 1. The summed E-state index contributed by atoms with van der Waals surface area (Å²) >= 11 is 0. The van der Waals surface area contributed by atoms with E-state index in [-0.39, 0.29) is 23.9 Å². The van der Waals surface area contributed by atoms with E-state index in [2.05, 4.69) is 4.72 Å². The molecule has 0 aliphatic carbocycles. The van der Waals surface area contributed by atoms with Crippen LogP contribution in [0.4, 0.5) is 0 Å². The number of hydrogen-bond acceptors (Lipinski definition) is 4. The van der Waals surface area contributed by atoms with Gasteiger partial charge in [-0.1, -0.05) is 19.1 Å². The summed E-state index contributed by atoms with van der Waals surface area (Å²) in [6, 6.07) is 12.5. The van der Waals surface area contributed by atoms with Crippen LogP contribution in [0.5, 0.6) is 0 Å². The SMILES string of the molecule is CCNS(=O)(=O)c1ccc(C(=O)N(C)Cc2cccc(C(N)=O)c2)cc1. The van der Waals surface area contributed by atoms with Crippen LogP contribution in [0.25, 0.3) is 0 Å². The first-order chi connectivity index (χ1) is 12.2. The van der Waals surface area contributed by atoms with Crippen molar-refractivity contribution in [1.82, 2.24) is 9.62 Å². The number of primary amides is 1. The maximum Gasteiger partial charge on any atom is 0.253 e. The van der Waals surface area contributed by atoms with E-state index < -0.39 is 15.9 Å². The van der Waals surface area contributed by atoms with E-state index in [0.717, 1.165) is 5.56 Å². The van der Waals surface area contributed by atoms with Crippen molar-refractivity contribution in [3.8, 4) is 0 Å². The Morgan fingerprint density at radius 3 is 2.31 bits per heavy atom. The predicted molar refractivity (Wildman–Crippen MR) is 98.1 cm³/mol. The zero-order chi connectivity index (χ0) is 19.3. The van der Waals surface area contributed by atoms with Gasteiger partial charge in [0.05, 0.1) is 4.90 Å². The van der Waals surface area contributed by atoms with Gasteiger partial charge in [-0.3, -0.25) is 9.59 Å². The number of hydrogen-bond donors (Lipinski definition) is 2. The fourth-order valence-corrected chi connectivity index (χ4v) is 3.48. The smallest absolute Gasteiger partial charge is 0.253 e. The summed E-state index contributed by atoms with van der Waals surface area (Å²) < 4.78 is 26.3. The molecule has 7 nitrogen and oxygen atoms in total. The third-order valence-corrected chi connectivity index (χ3v) is 5.29. The summed E-state index contributed by atoms with van der Waals surface area (Å²) in [4.78, 5) is 25.3.